The monoisotopic (exact) mass is 277 g/mol. The average Bonchev–Trinajstić information content (AvgIpc) is 2.73. The largest absolute Gasteiger partial charge is 0.324 e. The second-order valence-electron chi connectivity index (χ2n) is 3.85. The maximum atomic E-state index is 6.07. The van der Waals surface area contributed by atoms with Gasteiger partial charge in [-0.05, 0) is 30.3 Å². The normalized spacial score (nSPS) is 10.8. The molecule has 90 valence electrons. The van der Waals surface area contributed by atoms with Crippen molar-refractivity contribution in [1.29, 1.82) is 0 Å². The molecular weight excluding hydrogens is 269 g/mol. The molecule has 0 atom stereocenters. The third kappa shape index (κ3) is 2.15. The molecule has 3 nitrogen and oxygen atoms in total. The summed E-state index contributed by atoms with van der Waals surface area (Å²) in [5, 5.41) is 4.46. The van der Waals surface area contributed by atoms with Crippen LogP contribution >= 0.6 is 23.2 Å². The Morgan fingerprint density at radius 3 is 2.72 bits per heavy atom. The molecule has 0 unspecified atom stereocenters. The number of fused-ring (bicyclic) bond motifs is 1. The minimum absolute atomic E-state index is 0.639. The molecule has 0 amide bonds. The molecule has 0 aliphatic carbocycles. The number of aromatic nitrogens is 2. The van der Waals surface area contributed by atoms with E-state index in [9.17, 15) is 0 Å². The molecule has 1 heterocycles. The lowest BCUT2D eigenvalue weighted by molar-refractivity contribution is 1.31. The number of halogens is 2. The number of rotatable bonds is 2. The maximum Gasteiger partial charge on any atom is 0.205 e. The van der Waals surface area contributed by atoms with Crippen molar-refractivity contribution in [3.63, 3.8) is 0 Å². The van der Waals surface area contributed by atoms with E-state index in [1.54, 1.807) is 0 Å². The van der Waals surface area contributed by atoms with Gasteiger partial charge in [-0.25, -0.2) is 4.98 Å². The second-order valence-corrected chi connectivity index (χ2v) is 4.70. The van der Waals surface area contributed by atoms with Gasteiger partial charge in [0, 0.05) is 5.02 Å². The molecule has 0 aliphatic rings. The van der Waals surface area contributed by atoms with Crippen LogP contribution in [0.2, 0.25) is 10.0 Å². The van der Waals surface area contributed by atoms with Crippen LogP contribution in [0.3, 0.4) is 0 Å². The molecule has 0 bridgehead atoms. The van der Waals surface area contributed by atoms with Gasteiger partial charge in [-0.1, -0.05) is 35.3 Å². The van der Waals surface area contributed by atoms with Gasteiger partial charge in [0.25, 0.3) is 0 Å². The number of benzene rings is 2. The van der Waals surface area contributed by atoms with E-state index in [1.165, 1.54) is 0 Å². The van der Waals surface area contributed by atoms with Crippen LogP contribution in [0.1, 0.15) is 0 Å². The van der Waals surface area contributed by atoms with E-state index in [1.807, 2.05) is 42.5 Å². The number of hydrogen-bond acceptors (Lipinski definition) is 2. The van der Waals surface area contributed by atoms with Crippen LogP contribution in [-0.4, -0.2) is 9.97 Å². The van der Waals surface area contributed by atoms with Gasteiger partial charge < -0.3 is 10.3 Å². The summed E-state index contributed by atoms with van der Waals surface area (Å²) in [5.41, 5.74) is 2.55. The molecule has 2 aromatic carbocycles. The molecule has 0 saturated heterocycles. The fraction of sp³-hybridized carbons (Fsp3) is 0. The van der Waals surface area contributed by atoms with Crippen LogP contribution in [0.4, 0.5) is 11.6 Å². The predicted octanol–water partition coefficient (Wildman–Crippen LogP) is 4.61. The number of H-pyrrole nitrogens is 1. The van der Waals surface area contributed by atoms with Gasteiger partial charge in [0.15, 0.2) is 0 Å². The first kappa shape index (κ1) is 11.4. The molecule has 5 heteroatoms. The van der Waals surface area contributed by atoms with E-state index in [2.05, 4.69) is 15.3 Å². The lowest BCUT2D eigenvalue weighted by Gasteiger charge is -2.03. The Morgan fingerprint density at radius 2 is 1.89 bits per heavy atom. The highest BCUT2D eigenvalue weighted by Crippen LogP contribution is 2.25. The lowest BCUT2D eigenvalue weighted by Crippen LogP contribution is -1.92. The molecule has 3 rings (SSSR count). The highest BCUT2D eigenvalue weighted by Gasteiger charge is 2.05. The Bertz CT molecular complexity index is 706. The Labute approximate surface area is 114 Å². The Balaban J connectivity index is 1.98. The summed E-state index contributed by atoms with van der Waals surface area (Å²) in [6, 6.07) is 13.0. The first-order chi connectivity index (χ1) is 8.72. The van der Waals surface area contributed by atoms with Crippen molar-refractivity contribution < 1.29 is 0 Å². The number of anilines is 2. The summed E-state index contributed by atoms with van der Waals surface area (Å²) >= 11 is 12.0. The van der Waals surface area contributed by atoms with Crippen molar-refractivity contribution in [2.75, 3.05) is 5.32 Å². The molecular formula is C13H9Cl2N3. The quantitative estimate of drug-likeness (QED) is 0.718. The van der Waals surface area contributed by atoms with Crippen molar-refractivity contribution in [2.24, 2.45) is 0 Å². The van der Waals surface area contributed by atoms with E-state index in [4.69, 9.17) is 23.2 Å². The van der Waals surface area contributed by atoms with Crippen molar-refractivity contribution in [3.8, 4) is 0 Å². The van der Waals surface area contributed by atoms with Crippen LogP contribution in [0.25, 0.3) is 11.0 Å². The fourth-order valence-corrected chi connectivity index (χ4v) is 2.09. The first-order valence-electron chi connectivity index (χ1n) is 5.39. The van der Waals surface area contributed by atoms with Gasteiger partial charge >= 0.3 is 0 Å². The van der Waals surface area contributed by atoms with Crippen LogP contribution in [0.15, 0.2) is 42.5 Å². The second kappa shape index (κ2) is 4.52. The standard InChI is InChI=1S/C13H9Cl2N3/c14-8-5-6-11-12(7-8)18-13(17-11)16-10-4-2-1-3-9(10)15/h1-7H,(H2,16,17,18). The third-order valence-electron chi connectivity index (χ3n) is 2.57. The summed E-state index contributed by atoms with van der Waals surface area (Å²) in [5.74, 6) is 0.639. The molecule has 18 heavy (non-hydrogen) atoms. The number of para-hydroxylation sites is 1. The third-order valence-corrected chi connectivity index (χ3v) is 3.14. The van der Waals surface area contributed by atoms with Crippen molar-refractivity contribution in [1.82, 2.24) is 9.97 Å². The highest BCUT2D eigenvalue weighted by atomic mass is 35.5. The van der Waals surface area contributed by atoms with Crippen LogP contribution in [-0.2, 0) is 0 Å². The molecule has 1 aromatic heterocycles. The molecule has 2 N–H and O–H groups in total. The number of nitrogens with zero attached hydrogens (tertiary/aromatic N) is 1. The molecule has 0 aliphatic heterocycles. The summed E-state index contributed by atoms with van der Waals surface area (Å²) in [6.07, 6.45) is 0. The Hall–Kier alpha value is -1.71. The minimum atomic E-state index is 0.639. The molecule has 0 fully saturated rings. The predicted molar refractivity (Wildman–Crippen MR) is 75.8 cm³/mol. The summed E-state index contributed by atoms with van der Waals surface area (Å²) in [4.78, 5) is 7.55. The summed E-state index contributed by atoms with van der Waals surface area (Å²) < 4.78 is 0. The van der Waals surface area contributed by atoms with E-state index in [0.29, 0.717) is 16.0 Å². The topological polar surface area (TPSA) is 40.7 Å². The van der Waals surface area contributed by atoms with Crippen molar-refractivity contribution in [2.45, 2.75) is 0 Å². The summed E-state index contributed by atoms with van der Waals surface area (Å²) in [7, 11) is 0. The molecule has 0 saturated carbocycles. The van der Waals surface area contributed by atoms with E-state index in [-0.39, 0.29) is 0 Å². The van der Waals surface area contributed by atoms with Gasteiger partial charge in [0.1, 0.15) is 0 Å². The van der Waals surface area contributed by atoms with Gasteiger partial charge in [0.2, 0.25) is 5.95 Å². The molecule has 3 aromatic rings. The Kier molecular flexibility index (Phi) is 2.86. The Morgan fingerprint density at radius 1 is 1.06 bits per heavy atom. The van der Waals surface area contributed by atoms with E-state index in [0.717, 1.165) is 16.7 Å². The zero-order valence-corrected chi connectivity index (χ0v) is 10.8. The van der Waals surface area contributed by atoms with Crippen LogP contribution in [0.5, 0.6) is 0 Å². The highest BCUT2D eigenvalue weighted by molar-refractivity contribution is 6.33. The average molecular weight is 278 g/mol. The van der Waals surface area contributed by atoms with Gasteiger partial charge in [-0.2, -0.15) is 0 Å². The van der Waals surface area contributed by atoms with Crippen molar-refractivity contribution >= 4 is 45.9 Å². The van der Waals surface area contributed by atoms with Crippen LogP contribution in [0, 0.1) is 0 Å². The van der Waals surface area contributed by atoms with Gasteiger partial charge in [-0.3, -0.25) is 0 Å². The van der Waals surface area contributed by atoms with Crippen LogP contribution < -0.4 is 5.32 Å². The van der Waals surface area contributed by atoms with Crippen molar-refractivity contribution in [3.05, 3.63) is 52.5 Å². The molecule has 0 radical (unpaired) electrons. The van der Waals surface area contributed by atoms with Gasteiger partial charge in [0.05, 0.1) is 21.7 Å². The maximum absolute atomic E-state index is 6.07. The smallest absolute Gasteiger partial charge is 0.205 e. The minimum Gasteiger partial charge on any atom is -0.324 e. The summed E-state index contributed by atoms with van der Waals surface area (Å²) in [6.45, 7) is 0. The number of hydrogen-bond donors (Lipinski definition) is 2. The zero-order valence-electron chi connectivity index (χ0n) is 9.24. The number of nitrogens with one attached hydrogen (secondary N) is 2. The first-order valence-corrected chi connectivity index (χ1v) is 6.15. The number of imidazole rings is 1. The fourth-order valence-electron chi connectivity index (χ4n) is 1.73. The van der Waals surface area contributed by atoms with Gasteiger partial charge in [-0.15, -0.1) is 0 Å². The lowest BCUT2D eigenvalue weighted by atomic mass is 10.3. The number of aromatic amines is 1. The van der Waals surface area contributed by atoms with E-state index < -0.39 is 0 Å². The van der Waals surface area contributed by atoms with E-state index >= 15 is 0 Å². The SMILES string of the molecule is Clc1ccc2nc(Nc3ccccc3Cl)[nH]c2c1. The molecule has 0 spiro atoms. The zero-order chi connectivity index (χ0) is 12.5.